The van der Waals surface area contributed by atoms with Crippen molar-refractivity contribution in [1.29, 1.82) is 0 Å². The molecule has 0 saturated heterocycles. The van der Waals surface area contributed by atoms with Gasteiger partial charge in [-0.15, -0.1) is 0 Å². The van der Waals surface area contributed by atoms with E-state index in [2.05, 4.69) is 36.5 Å². The average molecular weight is 249 g/mol. The van der Waals surface area contributed by atoms with Crippen molar-refractivity contribution in [3.63, 3.8) is 0 Å². The molecule has 100 valence electrons. The first kappa shape index (κ1) is 13.5. The summed E-state index contributed by atoms with van der Waals surface area (Å²) in [5.74, 6) is 0.671. The maximum absolute atomic E-state index is 9.20. The van der Waals surface area contributed by atoms with Crippen LogP contribution in [-0.4, -0.2) is 37.5 Å². The lowest BCUT2D eigenvalue weighted by atomic mass is 9.75. The van der Waals surface area contributed by atoms with Gasteiger partial charge >= 0.3 is 0 Å². The maximum atomic E-state index is 9.20. The smallest absolute Gasteiger partial charge is 0.0638 e. The highest BCUT2D eigenvalue weighted by Crippen LogP contribution is 2.37. The third-order valence-corrected chi connectivity index (χ3v) is 3.71. The Morgan fingerprint density at radius 1 is 1.44 bits per heavy atom. The Labute approximate surface area is 109 Å². The molecule has 1 aromatic carbocycles. The van der Waals surface area contributed by atoms with E-state index in [4.69, 9.17) is 4.74 Å². The second-order valence-corrected chi connectivity index (χ2v) is 5.28. The van der Waals surface area contributed by atoms with Crippen molar-refractivity contribution in [2.75, 3.05) is 20.3 Å². The molecule has 0 aromatic heterocycles. The predicted octanol–water partition coefficient (Wildman–Crippen LogP) is 1.84. The highest BCUT2D eigenvalue weighted by atomic mass is 16.5. The molecule has 1 fully saturated rings. The standard InChI is InChI=1S/C15H23NO2/c1-11-4-3-5-12(6-11)13-7-14(8-13)16-15(9-17)10-18-2/h3-6,13-17H,7-10H2,1-2H3. The summed E-state index contributed by atoms with van der Waals surface area (Å²) in [5.41, 5.74) is 2.77. The van der Waals surface area contributed by atoms with Crippen molar-refractivity contribution in [3.05, 3.63) is 35.4 Å². The Balaban J connectivity index is 1.80. The largest absolute Gasteiger partial charge is 0.395 e. The normalized spacial score (nSPS) is 24.6. The number of benzene rings is 1. The number of methoxy groups -OCH3 is 1. The molecule has 18 heavy (non-hydrogen) atoms. The summed E-state index contributed by atoms with van der Waals surface area (Å²) in [6.45, 7) is 2.85. The van der Waals surface area contributed by atoms with Crippen molar-refractivity contribution in [3.8, 4) is 0 Å². The number of aryl methyl sites for hydroxylation is 1. The summed E-state index contributed by atoms with van der Waals surface area (Å²) >= 11 is 0. The van der Waals surface area contributed by atoms with Crippen molar-refractivity contribution < 1.29 is 9.84 Å². The SMILES string of the molecule is COCC(CO)NC1CC(c2cccc(C)c2)C1. The summed E-state index contributed by atoms with van der Waals surface area (Å²) in [4.78, 5) is 0. The van der Waals surface area contributed by atoms with Gasteiger partial charge in [-0.3, -0.25) is 0 Å². The predicted molar refractivity (Wildman–Crippen MR) is 72.8 cm³/mol. The number of aliphatic hydroxyl groups is 1. The molecule has 1 aromatic rings. The Kier molecular flexibility index (Phi) is 4.75. The van der Waals surface area contributed by atoms with Crippen LogP contribution >= 0.6 is 0 Å². The quantitative estimate of drug-likeness (QED) is 0.808. The number of nitrogens with one attached hydrogen (secondary N) is 1. The maximum Gasteiger partial charge on any atom is 0.0638 e. The van der Waals surface area contributed by atoms with E-state index in [1.165, 1.54) is 11.1 Å². The van der Waals surface area contributed by atoms with Crippen LogP contribution in [0.2, 0.25) is 0 Å². The lowest BCUT2D eigenvalue weighted by Gasteiger charge is -2.38. The molecule has 1 aliphatic rings. The van der Waals surface area contributed by atoms with Crippen LogP contribution in [0, 0.1) is 6.92 Å². The molecule has 0 aliphatic heterocycles. The van der Waals surface area contributed by atoms with E-state index in [1.54, 1.807) is 7.11 Å². The number of ether oxygens (including phenoxy) is 1. The molecule has 1 aliphatic carbocycles. The molecule has 0 spiro atoms. The Morgan fingerprint density at radius 2 is 2.22 bits per heavy atom. The first-order chi connectivity index (χ1) is 8.72. The van der Waals surface area contributed by atoms with Gasteiger partial charge in [0.15, 0.2) is 0 Å². The minimum atomic E-state index is 0.0680. The fourth-order valence-electron chi connectivity index (χ4n) is 2.64. The molecule has 1 atom stereocenters. The van der Waals surface area contributed by atoms with Crippen molar-refractivity contribution in [2.24, 2.45) is 0 Å². The zero-order valence-corrected chi connectivity index (χ0v) is 11.2. The Hall–Kier alpha value is -0.900. The molecule has 3 nitrogen and oxygen atoms in total. The molecule has 0 bridgehead atoms. The van der Waals surface area contributed by atoms with E-state index >= 15 is 0 Å². The van der Waals surface area contributed by atoms with Crippen LogP contribution in [0.5, 0.6) is 0 Å². The van der Waals surface area contributed by atoms with Crippen LogP contribution in [0.1, 0.15) is 29.9 Å². The van der Waals surface area contributed by atoms with Gasteiger partial charge in [0.25, 0.3) is 0 Å². The minimum Gasteiger partial charge on any atom is -0.395 e. The van der Waals surface area contributed by atoms with E-state index < -0.39 is 0 Å². The van der Waals surface area contributed by atoms with Crippen LogP contribution in [0.15, 0.2) is 24.3 Å². The molecule has 2 rings (SSSR count). The lowest BCUT2D eigenvalue weighted by molar-refractivity contribution is 0.110. The number of aliphatic hydroxyl groups excluding tert-OH is 1. The molecular weight excluding hydrogens is 226 g/mol. The summed E-state index contributed by atoms with van der Waals surface area (Å²) in [5, 5.41) is 12.6. The molecule has 0 heterocycles. The van der Waals surface area contributed by atoms with Crippen LogP contribution in [0.3, 0.4) is 0 Å². The van der Waals surface area contributed by atoms with E-state index in [9.17, 15) is 5.11 Å². The third kappa shape index (κ3) is 3.31. The second kappa shape index (κ2) is 6.32. The van der Waals surface area contributed by atoms with E-state index in [0.29, 0.717) is 18.6 Å². The zero-order valence-electron chi connectivity index (χ0n) is 11.2. The van der Waals surface area contributed by atoms with Gasteiger partial charge in [0.05, 0.1) is 19.3 Å². The lowest BCUT2D eigenvalue weighted by Crippen LogP contribution is -2.48. The Morgan fingerprint density at radius 3 is 2.83 bits per heavy atom. The van der Waals surface area contributed by atoms with Gasteiger partial charge in [-0.2, -0.15) is 0 Å². The van der Waals surface area contributed by atoms with Gasteiger partial charge in [0.2, 0.25) is 0 Å². The fourth-order valence-corrected chi connectivity index (χ4v) is 2.64. The van der Waals surface area contributed by atoms with Gasteiger partial charge in [-0.25, -0.2) is 0 Å². The van der Waals surface area contributed by atoms with Crippen LogP contribution in [0.25, 0.3) is 0 Å². The molecule has 0 amide bonds. The highest BCUT2D eigenvalue weighted by Gasteiger charge is 2.31. The van der Waals surface area contributed by atoms with Crippen molar-refractivity contribution >= 4 is 0 Å². The number of rotatable bonds is 6. The number of hydrogen-bond acceptors (Lipinski definition) is 3. The van der Waals surface area contributed by atoms with E-state index in [0.717, 1.165) is 12.8 Å². The van der Waals surface area contributed by atoms with E-state index in [-0.39, 0.29) is 12.6 Å². The number of hydrogen-bond donors (Lipinski definition) is 2. The van der Waals surface area contributed by atoms with Gasteiger partial charge in [0.1, 0.15) is 0 Å². The summed E-state index contributed by atoms with van der Waals surface area (Å²) in [7, 11) is 1.67. The zero-order chi connectivity index (χ0) is 13.0. The van der Waals surface area contributed by atoms with Gasteiger partial charge in [-0.05, 0) is 31.2 Å². The monoisotopic (exact) mass is 249 g/mol. The second-order valence-electron chi connectivity index (χ2n) is 5.28. The fraction of sp³-hybridized carbons (Fsp3) is 0.600. The first-order valence-electron chi connectivity index (χ1n) is 6.65. The van der Waals surface area contributed by atoms with Gasteiger partial charge in [0, 0.05) is 13.2 Å². The van der Waals surface area contributed by atoms with Crippen LogP contribution in [-0.2, 0) is 4.74 Å². The molecule has 1 unspecified atom stereocenters. The van der Waals surface area contributed by atoms with Gasteiger partial charge < -0.3 is 15.2 Å². The minimum absolute atomic E-state index is 0.0680. The summed E-state index contributed by atoms with van der Waals surface area (Å²) < 4.78 is 5.07. The summed E-state index contributed by atoms with van der Waals surface area (Å²) in [6.07, 6.45) is 2.31. The van der Waals surface area contributed by atoms with Crippen molar-refractivity contribution in [2.45, 2.75) is 37.8 Å². The van der Waals surface area contributed by atoms with E-state index in [1.807, 2.05) is 0 Å². The average Bonchev–Trinajstić information content (AvgIpc) is 2.31. The van der Waals surface area contributed by atoms with Crippen molar-refractivity contribution in [1.82, 2.24) is 5.32 Å². The van der Waals surface area contributed by atoms with Crippen LogP contribution in [0.4, 0.5) is 0 Å². The van der Waals surface area contributed by atoms with Gasteiger partial charge in [-0.1, -0.05) is 29.8 Å². The highest BCUT2D eigenvalue weighted by molar-refractivity contribution is 5.27. The summed E-state index contributed by atoms with van der Waals surface area (Å²) in [6, 6.07) is 9.35. The molecular formula is C15H23NO2. The molecule has 2 N–H and O–H groups in total. The topological polar surface area (TPSA) is 41.5 Å². The first-order valence-corrected chi connectivity index (χ1v) is 6.65. The Bertz CT molecular complexity index is 375. The molecule has 0 radical (unpaired) electrons. The third-order valence-electron chi connectivity index (χ3n) is 3.71. The van der Waals surface area contributed by atoms with Crippen LogP contribution < -0.4 is 5.32 Å². The molecule has 1 saturated carbocycles. The molecule has 3 heteroatoms.